The van der Waals surface area contributed by atoms with E-state index in [0.717, 1.165) is 10.2 Å². The largest absolute Gasteiger partial charge is 0.326 e. The first-order valence-electron chi connectivity index (χ1n) is 12.1. The number of nitrogens with zero attached hydrogens (tertiary/aromatic N) is 3. The lowest BCUT2D eigenvalue weighted by atomic mass is 10.2. The summed E-state index contributed by atoms with van der Waals surface area (Å²) in [6.45, 7) is 14.5. The van der Waals surface area contributed by atoms with Gasteiger partial charge < -0.3 is 9.88 Å². The topological polar surface area (TPSA) is 101 Å². The second kappa shape index (κ2) is 12.0. The van der Waals surface area contributed by atoms with Crippen LogP contribution < -0.4 is 10.1 Å². The highest BCUT2D eigenvalue weighted by atomic mass is 32.2. The standard InChI is InChI=1S/C27H34N4O4S2/c1-7-14-31-24-13-10-22(28-20(6)32)15-25(24)36-27(31)29-26(33)21-8-11-23(12-9-21)37(34,35)30(16-18(2)3)17-19(4)5/h7-13,15,18-19H,1,14,16-17H2,2-6H3,(H,28,32). The van der Waals surface area contributed by atoms with Crippen molar-refractivity contribution in [2.75, 3.05) is 18.4 Å². The fourth-order valence-corrected chi connectivity index (χ4v) is 6.74. The Morgan fingerprint density at radius 1 is 1.08 bits per heavy atom. The van der Waals surface area contributed by atoms with Gasteiger partial charge in [-0.25, -0.2) is 8.42 Å². The van der Waals surface area contributed by atoms with E-state index in [1.807, 2.05) is 44.4 Å². The van der Waals surface area contributed by atoms with Gasteiger partial charge in [0.15, 0.2) is 4.80 Å². The first kappa shape index (κ1) is 28.5. The number of sulfonamides is 1. The molecule has 1 N–H and O–H groups in total. The molecule has 0 aliphatic carbocycles. The van der Waals surface area contributed by atoms with Gasteiger partial charge in [-0.3, -0.25) is 9.59 Å². The van der Waals surface area contributed by atoms with Crippen molar-refractivity contribution in [3.63, 3.8) is 0 Å². The van der Waals surface area contributed by atoms with Gasteiger partial charge in [0.1, 0.15) is 0 Å². The number of hydrogen-bond donors (Lipinski definition) is 1. The van der Waals surface area contributed by atoms with Crippen molar-refractivity contribution in [1.82, 2.24) is 8.87 Å². The van der Waals surface area contributed by atoms with Crippen molar-refractivity contribution < 1.29 is 18.0 Å². The smallest absolute Gasteiger partial charge is 0.279 e. The van der Waals surface area contributed by atoms with Crippen molar-refractivity contribution in [1.29, 1.82) is 0 Å². The molecule has 8 nitrogen and oxygen atoms in total. The highest BCUT2D eigenvalue weighted by Crippen LogP contribution is 2.23. The molecule has 0 radical (unpaired) electrons. The van der Waals surface area contributed by atoms with Gasteiger partial charge in [0.25, 0.3) is 5.91 Å². The highest BCUT2D eigenvalue weighted by molar-refractivity contribution is 7.89. The van der Waals surface area contributed by atoms with Crippen molar-refractivity contribution in [2.45, 2.75) is 46.1 Å². The Bertz CT molecular complexity index is 1460. The number of amides is 2. The molecule has 1 heterocycles. The number of carbonyl (C=O) groups excluding carboxylic acids is 2. The van der Waals surface area contributed by atoms with Crippen LogP contribution in [0.15, 0.2) is 65.0 Å². The van der Waals surface area contributed by atoms with Gasteiger partial charge in [0, 0.05) is 37.8 Å². The first-order chi connectivity index (χ1) is 17.4. The van der Waals surface area contributed by atoms with Gasteiger partial charge in [-0.05, 0) is 54.3 Å². The molecule has 0 bridgehead atoms. The highest BCUT2D eigenvalue weighted by Gasteiger charge is 2.26. The molecule has 2 aromatic carbocycles. The lowest BCUT2D eigenvalue weighted by Crippen LogP contribution is -2.37. The van der Waals surface area contributed by atoms with Gasteiger partial charge in [0.2, 0.25) is 15.9 Å². The molecular formula is C27H34N4O4S2. The monoisotopic (exact) mass is 542 g/mol. The molecule has 1 aromatic heterocycles. The summed E-state index contributed by atoms with van der Waals surface area (Å²) >= 11 is 1.32. The van der Waals surface area contributed by atoms with E-state index in [4.69, 9.17) is 0 Å². The lowest BCUT2D eigenvalue weighted by molar-refractivity contribution is -0.114. The van der Waals surface area contributed by atoms with Gasteiger partial charge in [0.05, 0.1) is 15.1 Å². The molecule has 0 aliphatic heterocycles. The van der Waals surface area contributed by atoms with Gasteiger partial charge in [-0.15, -0.1) is 6.58 Å². The Hall–Kier alpha value is -3.08. The van der Waals surface area contributed by atoms with Crippen LogP contribution in [-0.2, 0) is 21.4 Å². The normalized spacial score (nSPS) is 12.6. The Kier molecular flexibility index (Phi) is 9.22. The van der Waals surface area contributed by atoms with Crippen LogP contribution in [0.4, 0.5) is 5.69 Å². The van der Waals surface area contributed by atoms with E-state index in [1.54, 1.807) is 12.1 Å². The maximum absolute atomic E-state index is 13.3. The average Bonchev–Trinajstić information content (AvgIpc) is 3.14. The number of anilines is 1. The summed E-state index contributed by atoms with van der Waals surface area (Å²) in [5.41, 5.74) is 1.81. The third-order valence-electron chi connectivity index (χ3n) is 5.39. The zero-order chi connectivity index (χ0) is 27.3. The van der Waals surface area contributed by atoms with E-state index in [-0.39, 0.29) is 22.6 Å². The molecule has 0 spiro atoms. The van der Waals surface area contributed by atoms with Crippen molar-refractivity contribution in [2.24, 2.45) is 16.8 Å². The van der Waals surface area contributed by atoms with Crippen LogP contribution in [0.5, 0.6) is 0 Å². The Balaban J connectivity index is 1.95. The Labute approximate surface area is 222 Å². The van der Waals surface area contributed by atoms with Crippen molar-refractivity contribution in [3.8, 4) is 0 Å². The lowest BCUT2D eigenvalue weighted by Gasteiger charge is -2.25. The molecule has 0 saturated heterocycles. The van der Waals surface area contributed by atoms with E-state index in [9.17, 15) is 18.0 Å². The molecule has 3 aromatic rings. The molecule has 0 unspecified atom stereocenters. The number of aromatic nitrogens is 1. The molecular weight excluding hydrogens is 508 g/mol. The van der Waals surface area contributed by atoms with Crippen molar-refractivity contribution in [3.05, 3.63) is 65.5 Å². The fraction of sp³-hybridized carbons (Fsp3) is 0.370. The molecule has 37 heavy (non-hydrogen) atoms. The Morgan fingerprint density at radius 2 is 1.70 bits per heavy atom. The summed E-state index contributed by atoms with van der Waals surface area (Å²) < 4.78 is 30.8. The maximum Gasteiger partial charge on any atom is 0.279 e. The number of thiazole rings is 1. The summed E-state index contributed by atoms with van der Waals surface area (Å²) in [5, 5.41) is 2.76. The number of carbonyl (C=O) groups is 2. The summed E-state index contributed by atoms with van der Waals surface area (Å²) in [6, 6.07) is 11.4. The molecule has 0 fully saturated rings. The number of hydrogen-bond acceptors (Lipinski definition) is 5. The maximum atomic E-state index is 13.3. The minimum absolute atomic E-state index is 0.152. The molecule has 0 saturated carbocycles. The number of rotatable bonds is 10. The van der Waals surface area contributed by atoms with Crippen LogP contribution in [-0.4, -0.2) is 42.2 Å². The zero-order valence-corrected chi connectivity index (χ0v) is 23.5. The summed E-state index contributed by atoms with van der Waals surface area (Å²) in [5.74, 6) is -0.272. The van der Waals surface area contributed by atoms with E-state index >= 15 is 0 Å². The number of benzene rings is 2. The summed E-state index contributed by atoms with van der Waals surface area (Å²) in [6.07, 6.45) is 1.72. The molecule has 198 valence electrons. The van der Waals surface area contributed by atoms with Gasteiger partial charge in [-0.2, -0.15) is 9.30 Å². The average molecular weight is 543 g/mol. The SMILES string of the molecule is C=CCn1c(=NC(=O)c2ccc(S(=O)(=O)N(CC(C)C)CC(C)C)cc2)sc2cc(NC(C)=O)ccc21. The molecule has 10 heteroatoms. The van der Waals surface area contributed by atoms with Crippen LogP contribution in [0.3, 0.4) is 0 Å². The van der Waals surface area contributed by atoms with E-state index in [2.05, 4.69) is 16.9 Å². The quantitative estimate of drug-likeness (QED) is 0.369. The van der Waals surface area contributed by atoms with E-state index in [1.165, 1.54) is 46.8 Å². The predicted octanol–water partition coefficient (Wildman–Crippen LogP) is 4.89. The van der Waals surface area contributed by atoms with Crippen LogP contribution >= 0.6 is 11.3 Å². The molecule has 2 amide bonds. The number of fused-ring (bicyclic) bond motifs is 1. The van der Waals surface area contributed by atoms with Gasteiger partial charge in [-0.1, -0.05) is 45.1 Å². The van der Waals surface area contributed by atoms with Gasteiger partial charge >= 0.3 is 0 Å². The summed E-state index contributed by atoms with van der Waals surface area (Å²) in [7, 11) is -3.69. The van der Waals surface area contributed by atoms with Crippen LogP contribution in [0.25, 0.3) is 10.2 Å². The third-order valence-corrected chi connectivity index (χ3v) is 8.28. The second-order valence-electron chi connectivity index (χ2n) is 9.70. The van der Waals surface area contributed by atoms with Crippen LogP contribution in [0, 0.1) is 11.8 Å². The number of allylic oxidation sites excluding steroid dienone is 1. The predicted molar refractivity (Wildman–Crippen MR) is 149 cm³/mol. The molecule has 3 rings (SSSR count). The fourth-order valence-electron chi connectivity index (χ4n) is 3.90. The zero-order valence-electron chi connectivity index (χ0n) is 21.9. The van der Waals surface area contributed by atoms with E-state index < -0.39 is 15.9 Å². The summed E-state index contributed by atoms with van der Waals surface area (Å²) in [4.78, 5) is 29.4. The minimum atomic E-state index is -3.69. The molecule has 0 atom stereocenters. The molecule has 0 aliphatic rings. The minimum Gasteiger partial charge on any atom is -0.326 e. The van der Waals surface area contributed by atoms with Crippen LogP contribution in [0.2, 0.25) is 0 Å². The third kappa shape index (κ3) is 7.03. The van der Waals surface area contributed by atoms with Crippen LogP contribution in [0.1, 0.15) is 45.0 Å². The number of nitrogens with one attached hydrogen (secondary N) is 1. The Morgan fingerprint density at radius 3 is 2.24 bits per heavy atom. The van der Waals surface area contributed by atoms with Crippen molar-refractivity contribution >= 4 is 49.1 Å². The second-order valence-corrected chi connectivity index (χ2v) is 12.6. The first-order valence-corrected chi connectivity index (χ1v) is 14.4. The van der Waals surface area contributed by atoms with E-state index in [0.29, 0.717) is 35.7 Å².